The van der Waals surface area contributed by atoms with Crippen LogP contribution in [0.5, 0.6) is 0 Å². The molecule has 0 aromatic carbocycles. The smallest absolute Gasteiger partial charge is 0.120 e. The molecule has 0 atom stereocenters. The van der Waals surface area contributed by atoms with Gasteiger partial charge in [-0.3, -0.25) is 0 Å². The largest absolute Gasteiger partial charge is 0.303 e. The van der Waals surface area contributed by atoms with Crippen LogP contribution in [0.25, 0.3) is 0 Å². The summed E-state index contributed by atoms with van der Waals surface area (Å²) in [5.41, 5.74) is 1.24. The zero-order valence-electron chi connectivity index (χ0n) is 9.56. The molecule has 0 radical (unpaired) electrons. The molecule has 1 heteroatoms. The third-order valence-corrected chi connectivity index (χ3v) is 2.50. The lowest BCUT2D eigenvalue weighted by Gasteiger charge is -2.03. The average molecular weight is 196 g/mol. The molecule has 0 saturated heterocycles. The number of rotatable bonds is 10. The lowest BCUT2D eigenvalue weighted by atomic mass is 10.0. The van der Waals surface area contributed by atoms with Gasteiger partial charge in [-0.15, -0.1) is 0 Å². The van der Waals surface area contributed by atoms with Gasteiger partial charge >= 0.3 is 0 Å². The molecule has 0 unspecified atom stereocenters. The number of hydrogen-bond donors (Lipinski definition) is 0. The van der Waals surface area contributed by atoms with Crippen LogP contribution in [0, 0.1) is 0 Å². The van der Waals surface area contributed by atoms with Crippen molar-refractivity contribution in [3.63, 3.8) is 0 Å². The van der Waals surface area contributed by atoms with Gasteiger partial charge in [0, 0.05) is 6.42 Å². The molecule has 0 spiro atoms. The minimum absolute atomic E-state index is 0.647. The van der Waals surface area contributed by atoms with Crippen LogP contribution >= 0.6 is 0 Å². The van der Waals surface area contributed by atoms with Crippen LogP contribution < -0.4 is 0 Å². The average Bonchev–Trinajstić information content (AvgIpc) is 2.20. The fraction of sp³-hybridized carbons (Fsp3) is 0.769. The molecule has 0 bridgehead atoms. The zero-order valence-corrected chi connectivity index (χ0v) is 9.56. The Balaban J connectivity index is 3.10. The molecule has 0 aliphatic rings. The summed E-state index contributed by atoms with van der Waals surface area (Å²) in [5, 5.41) is 0. The van der Waals surface area contributed by atoms with Gasteiger partial charge in [0.25, 0.3) is 0 Å². The molecule has 0 N–H and O–H groups in total. The van der Waals surface area contributed by atoms with Crippen LogP contribution in [0.2, 0.25) is 0 Å². The summed E-state index contributed by atoms with van der Waals surface area (Å²) in [6.45, 7) is 6.20. The maximum atomic E-state index is 10.1. The van der Waals surface area contributed by atoms with E-state index in [0.717, 1.165) is 19.1 Å². The molecule has 0 aliphatic heterocycles. The van der Waals surface area contributed by atoms with E-state index in [1.165, 1.54) is 44.1 Å². The van der Waals surface area contributed by atoms with E-state index in [-0.39, 0.29) is 0 Å². The summed E-state index contributed by atoms with van der Waals surface area (Å²) >= 11 is 0. The molecule has 14 heavy (non-hydrogen) atoms. The van der Waals surface area contributed by atoms with Crippen molar-refractivity contribution in [1.82, 2.24) is 0 Å². The van der Waals surface area contributed by atoms with Crippen molar-refractivity contribution in [3.8, 4) is 0 Å². The SMILES string of the molecule is C=C(CCC=O)CCCCCCCC. The number of aldehydes is 1. The topological polar surface area (TPSA) is 17.1 Å². The van der Waals surface area contributed by atoms with Crippen LogP contribution in [0.15, 0.2) is 12.2 Å². The maximum absolute atomic E-state index is 10.1. The van der Waals surface area contributed by atoms with E-state index in [1.54, 1.807) is 0 Å². The van der Waals surface area contributed by atoms with E-state index in [9.17, 15) is 4.79 Å². The van der Waals surface area contributed by atoms with Crippen LogP contribution in [0.1, 0.15) is 64.7 Å². The molecule has 1 nitrogen and oxygen atoms in total. The Kier molecular flexibility index (Phi) is 10.0. The quantitative estimate of drug-likeness (QED) is 0.290. The minimum Gasteiger partial charge on any atom is -0.303 e. The Labute approximate surface area is 88.6 Å². The molecule has 0 aliphatic carbocycles. The highest BCUT2D eigenvalue weighted by Crippen LogP contribution is 2.13. The molecule has 0 amide bonds. The van der Waals surface area contributed by atoms with Gasteiger partial charge in [-0.25, -0.2) is 0 Å². The van der Waals surface area contributed by atoms with E-state index in [2.05, 4.69) is 13.5 Å². The van der Waals surface area contributed by atoms with Gasteiger partial charge < -0.3 is 4.79 Å². The molecule has 0 saturated carbocycles. The maximum Gasteiger partial charge on any atom is 0.120 e. The van der Waals surface area contributed by atoms with E-state index in [4.69, 9.17) is 0 Å². The van der Waals surface area contributed by atoms with E-state index < -0.39 is 0 Å². The first-order chi connectivity index (χ1) is 6.81. The second kappa shape index (κ2) is 10.5. The molecule has 0 rings (SSSR count). The molecule has 82 valence electrons. The first kappa shape index (κ1) is 13.4. The van der Waals surface area contributed by atoms with Crippen molar-refractivity contribution in [2.75, 3.05) is 0 Å². The number of allylic oxidation sites excluding steroid dienone is 1. The molecule has 0 heterocycles. The summed E-state index contributed by atoms with van der Waals surface area (Å²) in [6.07, 6.45) is 11.6. The molecule has 0 fully saturated rings. The van der Waals surface area contributed by atoms with Crippen molar-refractivity contribution in [3.05, 3.63) is 12.2 Å². The van der Waals surface area contributed by atoms with Gasteiger partial charge in [-0.1, -0.05) is 51.2 Å². The van der Waals surface area contributed by atoms with Crippen molar-refractivity contribution in [2.24, 2.45) is 0 Å². The van der Waals surface area contributed by atoms with Gasteiger partial charge in [-0.05, 0) is 19.3 Å². The minimum atomic E-state index is 0.647. The zero-order chi connectivity index (χ0) is 10.6. The van der Waals surface area contributed by atoms with Crippen molar-refractivity contribution < 1.29 is 4.79 Å². The van der Waals surface area contributed by atoms with Crippen LogP contribution in [0.3, 0.4) is 0 Å². The summed E-state index contributed by atoms with van der Waals surface area (Å²) in [5.74, 6) is 0. The van der Waals surface area contributed by atoms with E-state index >= 15 is 0 Å². The fourth-order valence-electron chi connectivity index (χ4n) is 1.54. The lowest BCUT2D eigenvalue weighted by Crippen LogP contribution is -1.85. The lowest BCUT2D eigenvalue weighted by molar-refractivity contribution is -0.107. The monoisotopic (exact) mass is 196 g/mol. The van der Waals surface area contributed by atoms with Gasteiger partial charge in [0.2, 0.25) is 0 Å². The van der Waals surface area contributed by atoms with E-state index in [0.29, 0.717) is 6.42 Å². The van der Waals surface area contributed by atoms with Crippen molar-refractivity contribution >= 4 is 6.29 Å². The Morgan fingerprint density at radius 1 is 1.07 bits per heavy atom. The standard InChI is InChI=1S/C13H24O/c1-3-4-5-6-7-8-10-13(2)11-9-12-14/h12H,2-11H2,1H3. The highest BCUT2D eigenvalue weighted by Gasteiger charge is 1.95. The Morgan fingerprint density at radius 3 is 2.36 bits per heavy atom. The normalized spacial score (nSPS) is 10.1. The van der Waals surface area contributed by atoms with Crippen molar-refractivity contribution in [2.45, 2.75) is 64.7 Å². The molecular weight excluding hydrogens is 172 g/mol. The van der Waals surface area contributed by atoms with Crippen LogP contribution in [-0.4, -0.2) is 6.29 Å². The second-order valence-electron chi connectivity index (χ2n) is 3.97. The number of unbranched alkanes of at least 4 members (excludes halogenated alkanes) is 5. The summed E-state index contributed by atoms with van der Waals surface area (Å²) < 4.78 is 0. The van der Waals surface area contributed by atoms with E-state index in [1.807, 2.05) is 0 Å². The van der Waals surface area contributed by atoms with Gasteiger partial charge in [-0.2, -0.15) is 0 Å². The Morgan fingerprint density at radius 2 is 1.71 bits per heavy atom. The summed E-state index contributed by atoms with van der Waals surface area (Å²) in [4.78, 5) is 10.1. The third kappa shape index (κ3) is 9.50. The summed E-state index contributed by atoms with van der Waals surface area (Å²) in [6, 6.07) is 0. The molecule has 0 aromatic heterocycles. The number of carbonyl (C=O) groups is 1. The Bertz CT molecular complexity index is 149. The Hall–Kier alpha value is -0.590. The van der Waals surface area contributed by atoms with Crippen LogP contribution in [0.4, 0.5) is 0 Å². The van der Waals surface area contributed by atoms with Gasteiger partial charge in [0.1, 0.15) is 6.29 Å². The fourth-order valence-corrected chi connectivity index (χ4v) is 1.54. The highest BCUT2D eigenvalue weighted by molar-refractivity contribution is 5.49. The van der Waals surface area contributed by atoms with Gasteiger partial charge in [0.05, 0.1) is 0 Å². The van der Waals surface area contributed by atoms with Crippen molar-refractivity contribution in [1.29, 1.82) is 0 Å². The van der Waals surface area contributed by atoms with Crippen LogP contribution in [-0.2, 0) is 4.79 Å². The number of hydrogen-bond acceptors (Lipinski definition) is 1. The molecule has 0 aromatic rings. The second-order valence-corrected chi connectivity index (χ2v) is 3.97. The third-order valence-electron chi connectivity index (χ3n) is 2.50. The highest BCUT2D eigenvalue weighted by atomic mass is 16.1. The molecular formula is C13H24O. The summed E-state index contributed by atoms with van der Waals surface area (Å²) in [7, 11) is 0. The predicted octanol–water partition coefficient (Wildman–Crippen LogP) is 4.27. The van der Waals surface area contributed by atoms with Gasteiger partial charge in [0.15, 0.2) is 0 Å². The first-order valence-electron chi connectivity index (χ1n) is 5.91. The first-order valence-corrected chi connectivity index (χ1v) is 5.91. The predicted molar refractivity (Wildman–Crippen MR) is 62.4 cm³/mol. The number of carbonyl (C=O) groups excluding carboxylic acids is 1.